The smallest absolute Gasteiger partial charge is 0.261 e. The van der Waals surface area contributed by atoms with Crippen LogP contribution in [0.5, 0.6) is 5.75 Å². The molecule has 1 aromatic carbocycles. The van der Waals surface area contributed by atoms with Crippen molar-refractivity contribution in [2.75, 3.05) is 12.9 Å². The molecule has 1 amide bonds. The zero-order valence-corrected chi connectivity index (χ0v) is 19.6. The second kappa shape index (κ2) is 11.1. The number of rotatable bonds is 9. The van der Waals surface area contributed by atoms with E-state index in [1.54, 1.807) is 24.3 Å². The van der Waals surface area contributed by atoms with Crippen LogP contribution in [0.1, 0.15) is 32.1 Å². The van der Waals surface area contributed by atoms with E-state index in [1.807, 2.05) is 0 Å². The molecule has 1 fully saturated rings. The topological polar surface area (TPSA) is 135 Å². The lowest BCUT2D eigenvalue weighted by Crippen LogP contribution is -2.39. The highest BCUT2D eigenvalue weighted by Gasteiger charge is 2.28. The molecule has 9 nitrogen and oxygen atoms in total. The number of pyridine rings is 1. The molecule has 0 unspecified atom stereocenters. The monoisotopic (exact) mass is 496 g/mol. The Kier molecular flexibility index (Phi) is 8.45. The van der Waals surface area contributed by atoms with Crippen LogP contribution in [-0.2, 0) is 21.2 Å². The molecule has 2 aromatic rings. The fourth-order valence-corrected chi connectivity index (χ4v) is 5.04. The first-order valence-corrected chi connectivity index (χ1v) is 13.0. The number of carbonyl (C=O) groups excluding carboxylic acids is 1. The summed E-state index contributed by atoms with van der Waals surface area (Å²) in [5.74, 6) is -0.788. The number of aliphatic hydroxyl groups excluding tert-OH is 1. The van der Waals surface area contributed by atoms with E-state index in [4.69, 9.17) is 9.94 Å². The molecule has 0 radical (unpaired) electrons. The molecule has 3 rings (SSSR count). The number of ether oxygens (including phenoxy) is 1. The molecular weight excluding hydrogens is 467 g/mol. The average molecular weight is 497 g/mol. The fraction of sp³-hybridized carbons (Fsp3) is 0.478. The number of hydroxylamine groups is 1. The van der Waals surface area contributed by atoms with Gasteiger partial charge in [-0.15, -0.1) is 0 Å². The number of nitrogens with one attached hydrogen (secondary N) is 1. The van der Waals surface area contributed by atoms with Crippen molar-refractivity contribution in [3.63, 3.8) is 0 Å². The third-order valence-corrected chi connectivity index (χ3v) is 7.58. The van der Waals surface area contributed by atoms with Crippen LogP contribution in [0.2, 0.25) is 0 Å². The van der Waals surface area contributed by atoms with Crippen LogP contribution in [0.3, 0.4) is 0 Å². The van der Waals surface area contributed by atoms with E-state index >= 15 is 0 Å². The van der Waals surface area contributed by atoms with Crippen molar-refractivity contribution >= 4 is 15.7 Å². The summed E-state index contributed by atoms with van der Waals surface area (Å²) in [5, 5.41) is 16.8. The molecule has 34 heavy (non-hydrogen) atoms. The number of aliphatic hydroxyl groups is 1. The standard InChI is InChI=1S/C23H29FN2O7S/c1-34(31,32)21(23(29)25-30)10-11-26-13-20(24)19(12-22(26)28)16-4-8-18(9-5-16)33-14-15-2-6-17(27)7-3-15/h4-5,8-9,12-13,15,17,21,27,30H,2-3,6-7,10-11,14H2,1H3,(H,25,29)/t15-,17-,21-/m1/s1. The van der Waals surface area contributed by atoms with Gasteiger partial charge >= 0.3 is 0 Å². The van der Waals surface area contributed by atoms with E-state index in [2.05, 4.69) is 0 Å². The molecular formula is C23H29FN2O7S. The SMILES string of the molecule is CS(=O)(=O)[C@H](CCn1cc(F)c(-c2ccc(OC[C@H]3CC[C@H](O)CC3)cc2)cc1=O)C(=O)NO. The van der Waals surface area contributed by atoms with E-state index in [9.17, 15) is 27.5 Å². The molecule has 1 saturated carbocycles. The third-order valence-electron chi connectivity index (χ3n) is 6.10. The van der Waals surface area contributed by atoms with Crippen molar-refractivity contribution in [2.24, 2.45) is 5.92 Å². The number of hydrogen-bond acceptors (Lipinski definition) is 7. The van der Waals surface area contributed by atoms with Crippen molar-refractivity contribution in [1.82, 2.24) is 10.0 Å². The molecule has 3 N–H and O–H groups in total. The molecule has 1 atom stereocenters. The summed E-state index contributed by atoms with van der Waals surface area (Å²) < 4.78 is 45.1. The molecule has 1 aliphatic rings. The lowest BCUT2D eigenvalue weighted by Gasteiger charge is -2.25. The highest BCUT2D eigenvalue weighted by Crippen LogP contribution is 2.27. The largest absolute Gasteiger partial charge is 0.493 e. The number of carbonyl (C=O) groups is 1. The Morgan fingerprint density at radius 2 is 1.88 bits per heavy atom. The fourth-order valence-electron chi connectivity index (χ4n) is 4.07. The summed E-state index contributed by atoms with van der Waals surface area (Å²) in [6.07, 6.45) is 4.66. The van der Waals surface area contributed by atoms with Crippen LogP contribution >= 0.6 is 0 Å². The molecule has 0 bridgehead atoms. The molecule has 1 heterocycles. The Morgan fingerprint density at radius 3 is 2.47 bits per heavy atom. The van der Waals surface area contributed by atoms with Crippen molar-refractivity contribution in [3.8, 4) is 16.9 Å². The van der Waals surface area contributed by atoms with Gasteiger partial charge in [0.2, 0.25) is 0 Å². The minimum atomic E-state index is -3.84. The van der Waals surface area contributed by atoms with Crippen molar-refractivity contribution in [1.29, 1.82) is 0 Å². The van der Waals surface area contributed by atoms with Crippen LogP contribution in [0.25, 0.3) is 11.1 Å². The summed E-state index contributed by atoms with van der Waals surface area (Å²) in [5.41, 5.74) is 1.30. The molecule has 11 heteroatoms. The predicted molar refractivity (Wildman–Crippen MR) is 123 cm³/mol. The minimum Gasteiger partial charge on any atom is -0.493 e. The third kappa shape index (κ3) is 6.64. The summed E-state index contributed by atoms with van der Waals surface area (Å²) in [4.78, 5) is 24.1. The van der Waals surface area contributed by atoms with Gasteiger partial charge in [-0.2, -0.15) is 0 Å². The number of nitrogens with zero attached hydrogens (tertiary/aromatic N) is 1. The highest BCUT2D eigenvalue weighted by molar-refractivity contribution is 7.92. The minimum absolute atomic E-state index is 0.0850. The van der Waals surface area contributed by atoms with E-state index < -0.39 is 32.4 Å². The Morgan fingerprint density at radius 1 is 1.24 bits per heavy atom. The first kappa shape index (κ1) is 25.9. The summed E-state index contributed by atoms with van der Waals surface area (Å²) in [6.45, 7) is 0.311. The van der Waals surface area contributed by atoms with Crippen molar-refractivity contribution in [2.45, 2.75) is 50.0 Å². The number of hydrogen-bond donors (Lipinski definition) is 3. The maximum atomic E-state index is 14.8. The molecule has 0 spiro atoms. The molecule has 1 aliphatic carbocycles. The Balaban J connectivity index is 1.67. The zero-order chi connectivity index (χ0) is 24.9. The second-order valence-electron chi connectivity index (χ2n) is 8.66. The van der Waals surface area contributed by atoms with Gasteiger partial charge in [0.1, 0.15) is 16.8 Å². The van der Waals surface area contributed by atoms with Gasteiger partial charge in [-0.1, -0.05) is 12.1 Å². The van der Waals surface area contributed by atoms with Gasteiger partial charge in [0.25, 0.3) is 11.5 Å². The van der Waals surface area contributed by atoms with Gasteiger partial charge in [-0.3, -0.25) is 14.8 Å². The second-order valence-corrected chi connectivity index (χ2v) is 10.9. The Labute approximate surface area is 197 Å². The number of amides is 1. The molecule has 0 saturated heterocycles. The van der Waals surface area contributed by atoms with Gasteiger partial charge in [-0.25, -0.2) is 18.3 Å². The number of benzene rings is 1. The van der Waals surface area contributed by atoms with E-state index in [1.165, 1.54) is 5.48 Å². The van der Waals surface area contributed by atoms with Gasteiger partial charge in [0, 0.05) is 30.6 Å². The number of aryl methyl sites for hydroxylation is 1. The maximum Gasteiger partial charge on any atom is 0.261 e. The first-order chi connectivity index (χ1) is 16.1. The molecule has 1 aromatic heterocycles. The van der Waals surface area contributed by atoms with Gasteiger partial charge in [0.15, 0.2) is 9.84 Å². The normalized spacial score (nSPS) is 19.4. The summed E-state index contributed by atoms with van der Waals surface area (Å²) in [7, 11) is -3.84. The first-order valence-electron chi connectivity index (χ1n) is 11.0. The van der Waals surface area contributed by atoms with Gasteiger partial charge < -0.3 is 14.4 Å². The van der Waals surface area contributed by atoms with Gasteiger partial charge in [0.05, 0.1) is 12.7 Å². The van der Waals surface area contributed by atoms with Crippen molar-refractivity contribution in [3.05, 3.63) is 52.7 Å². The summed E-state index contributed by atoms with van der Waals surface area (Å²) >= 11 is 0. The number of halogens is 1. The van der Waals surface area contributed by atoms with E-state index in [-0.39, 0.29) is 24.6 Å². The zero-order valence-electron chi connectivity index (χ0n) is 18.8. The quantitative estimate of drug-likeness (QED) is 0.356. The Bertz CT molecular complexity index is 1160. The number of aromatic nitrogens is 1. The molecule has 186 valence electrons. The maximum absolute atomic E-state index is 14.8. The van der Waals surface area contributed by atoms with Crippen LogP contribution < -0.4 is 15.8 Å². The average Bonchev–Trinajstić information content (AvgIpc) is 2.80. The van der Waals surface area contributed by atoms with Crippen LogP contribution in [-0.4, -0.2) is 53.4 Å². The van der Waals surface area contributed by atoms with E-state index in [0.29, 0.717) is 23.8 Å². The molecule has 0 aliphatic heterocycles. The lowest BCUT2D eigenvalue weighted by atomic mass is 9.88. The highest BCUT2D eigenvalue weighted by atomic mass is 32.2. The van der Waals surface area contributed by atoms with Crippen LogP contribution in [0.15, 0.2) is 41.3 Å². The van der Waals surface area contributed by atoms with Crippen molar-refractivity contribution < 1.29 is 32.7 Å². The predicted octanol–water partition coefficient (Wildman–Crippen LogP) is 1.89. The summed E-state index contributed by atoms with van der Waals surface area (Å²) in [6, 6.07) is 7.80. The lowest BCUT2D eigenvalue weighted by molar-refractivity contribution is -0.128. The van der Waals surface area contributed by atoms with Crippen LogP contribution in [0.4, 0.5) is 4.39 Å². The Hall–Kier alpha value is -2.76. The van der Waals surface area contributed by atoms with E-state index in [0.717, 1.165) is 48.8 Å². The van der Waals surface area contributed by atoms with Crippen LogP contribution in [0, 0.1) is 11.7 Å². The number of sulfone groups is 1. The van der Waals surface area contributed by atoms with Gasteiger partial charge in [-0.05, 0) is 55.7 Å².